The fourth-order valence-corrected chi connectivity index (χ4v) is 3.01. The Labute approximate surface area is 135 Å². The predicted octanol–water partition coefficient (Wildman–Crippen LogP) is 1.18. The van der Waals surface area contributed by atoms with Gasteiger partial charge in [0.05, 0.1) is 0 Å². The molecule has 0 bridgehead atoms. The number of carbonyl (C=O) groups excluding carboxylic acids is 2. The molecule has 3 heterocycles. The molecule has 1 aromatic rings. The normalized spacial score (nSPS) is 21.4. The van der Waals surface area contributed by atoms with Crippen LogP contribution in [0.3, 0.4) is 0 Å². The first-order valence-electron chi connectivity index (χ1n) is 8.08. The van der Waals surface area contributed by atoms with Crippen LogP contribution in [0.2, 0.25) is 0 Å². The summed E-state index contributed by atoms with van der Waals surface area (Å²) in [7, 11) is 0. The molecule has 124 valence electrons. The van der Waals surface area contributed by atoms with Crippen molar-refractivity contribution in [1.82, 2.24) is 9.88 Å². The highest BCUT2D eigenvalue weighted by atomic mass is 16.5. The molecule has 0 saturated carbocycles. The minimum absolute atomic E-state index is 0.0179. The van der Waals surface area contributed by atoms with Crippen molar-refractivity contribution in [3.05, 3.63) is 12.1 Å². The van der Waals surface area contributed by atoms with E-state index in [0.29, 0.717) is 17.4 Å². The topological polar surface area (TPSA) is 88.8 Å². The van der Waals surface area contributed by atoms with Gasteiger partial charge in [0.15, 0.2) is 17.7 Å². The number of ether oxygens (including phenoxy) is 1. The number of nitrogens with zero attached hydrogens (tertiary/aromatic N) is 3. The highest BCUT2D eigenvalue weighted by Crippen LogP contribution is 2.32. The number of aromatic nitrogens is 1. The third-order valence-corrected chi connectivity index (χ3v) is 4.29. The lowest BCUT2D eigenvalue weighted by Gasteiger charge is -2.33. The van der Waals surface area contributed by atoms with Gasteiger partial charge >= 0.3 is 0 Å². The molecule has 1 unspecified atom stereocenters. The van der Waals surface area contributed by atoms with Crippen LogP contribution in [-0.2, 0) is 9.59 Å². The number of nitrogen functional groups attached to an aromatic ring is 1. The van der Waals surface area contributed by atoms with Crippen LogP contribution in [0.15, 0.2) is 12.1 Å². The van der Waals surface area contributed by atoms with Crippen LogP contribution in [0.4, 0.5) is 11.6 Å². The fraction of sp³-hybridized carbons (Fsp3) is 0.562. The Hall–Kier alpha value is -2.31. The number of hydrogen-bond donors (Lipinski definition) is 1. The summed E-state index contributed by atoms with van der Waals surface area (Å²) in [4.78, 5) is 32.5. The summed E-state index contributed by atoms with van der Waals surface area (Å²) in [5.41, 5.74) is 5.72. The number of fused-ring (bicyclic) bond motifs is 1. The van der Waals surface area contributed by atoms with Gasteiger partial charge in [0.1, 0.15) is 12.4 Å². The van der Waals surface area contributed by atoms with Crippen LogP contribution in [0.1, 0.15) is 32.6 Å². The summed E-state index contributed by atoms with van der Waals surface area (Å²) in [6.45, 7) is 3.16. The second-order valence-electron chi connectivity index (χ2n) is 6.04. The molecule has 2 aliphatic rings. The highest BCUT2D eigenvalue weighted by molar-refractivity contribution is 6.02. The molecule has 2 amide bonds. The van der Waals surface area contributed by atoms with E-state index in [4.69, 9.17) is 10.5 Å². The summed E-state index contributed by atoms with van der Waals surface area (Å²) in [5.74, 6) is 0.788. The summed E-state index contributed by atoms with van der Waals surface area (Å²) in [6.07, 6.45) is 3.70. The van der Waals surface area contributed by atoms with E-state index in [-0.39, 0.29) is 18.4 Å². The Balaban J connectivity index is 1.82. The summed E-state index contributed by atoms with van der Waals surface area (Å²) in [5, 5.41) is 0. The van der Waals surface area contributed by atoms with Gasteiger partial charge in [0.2, 0.25) is 5.91 Å². The van der Waals surface area contributed by atoms with Crippen LogP contribution in [-0.4, -0.2) is 47.4 Å². The number of rotatable bonds is 2. The number of carbonyl (C=O) groups is 2. The second-order valence-corrected chi connectivity index (χ2v) is 6.04. The van der Waals surface area contributed by atoms with Crippen LogP contribution >= 0.6 is 0 Å². The van der Waals surface area contributed by atoms with Crippen molar-refractivity contribution in [2.24, 2.45) is 0 Å². The minimum Gasteiger partial charge on any atom is -0.477 e. The number of likely N-dealkylation sites (tertiary alicyclic amines) is 1. The first kappa shape index (κ1) is 15.6. The summed E-state index contributed by atoms with van der Waals surface area (Å²) >= 11 is 0. The van der Waals surface area contributed by atoms with Gasteiger partial charge in [-0.25, -0.2) is 4.98 Å². The molecule has 2 N–H and O–H groups in total. The number of pyridine rings is 1. The molecule has 0 spiro atoms. The van der Waals surface area contributed by atoms with Crippen LogP contribution in [0, 0.1) is 0 Å². The number of anilines is 2. The lowest BCUT2D eigenvalue weighted by molar-refractivity contribution is -0.133. The van der Waals surface area contributed by atoms with Crippen molar-refractivity contribution >= 4 is 23.5 Å². The first-order valence-corrected chi connectivity index (χ1v) is 8.08. The molecule has 7 nitrogen and oxygen atoms in total. The van der Waals surface area contributed by atoms with Crippen molar-refractivity contribution in [1.29, 1.82) is 0 Å². The molecule has 1 aromatic heterocycles. The molecule has 0 aromatic carbocycles. The second kappa shape index (κ2) is 6.44. The van der Waals surface area contributed by atoms with Gasteiger partial charge < -0.3 is 15.4 Å². The Morgan fingerprint density at radius 3 is 2.70 bits per heavy atom. The van der Waals surface area contributed by atoms with Gasteiger partial charge in [-0.3, -0.25) is 14.5 Å². The van der Waals surface area contributed by atoms with Crippen molar-refractivity contribution in [2.45, 2.75) is 38.7 Å². The Kier molecular flexibility index (Phi) is 4.36. The predicted molar refractivity (Wildman–Crippen MR) is 86.1 cm³/mol. The molecule has 1 fully saturated rings. The SMILES string of the molecule is CC1Oc2ccc(N)nc2N(CC(=O)N2CCCCCC2)C1=O. The van der Waals surface area contributed by atoms with Crippen molar-refractivity contribution < 1.29 is 14.3 Å². The smallest absolute Gasteiger partial charge is 0.269 e. The molecule has 1 saturated heterocycles. The number of nitrogens with two attached hydrogens (primary N) is 1. The van der Waals surface area contributed by atoms with E-state index < -0.39 is 6.10 Å². The molecule has 1 atom stereocenters. The van der Waals surface area contributed by atoms with Gasteiger partial charge in [-0.1, -0.05) is 12.8 Å². The van der Waals surface area contributed by atoms with E-state index in [1.165, 1.54) is 4.90 Å². The van der Waals surface area contributed by atoms with Gasteiger partial charge in [-0.15, -0.1) is 0 Å². The van der Waals surface area contributed by atoms with Crippen LogP contribution in [0.25, 0.3) is 0 Å². The zero-order valence-corrected chi connectivity index (χ0v) is 13.3. The van der Waals surface area contributed by atoms with Gasteiger partial charge in [-0.05, 0) is 31.9 Å². The minimum atomic E-state index is -0.634. The average molecular weight is 318 g/mol. The van der Waals surface area contributed by atoms with Crippen molar-refractivity contribution in [3.63, 3.8) is 0 Å². The Morgan fingerprint density at radius 2 is 2.00 bits per heavy atom. The standard InChI is InChI=1S/C16H22N4O3/c1-11-16(22)20(15-12(23-11)6-7-13(17)18-15)10-14(21)19-8-4-2-3-5-9-19/h6-7,11H,2-5,8-10H2,1H3,(H2,17,18). The van der Waals surface area contributed by atoms with E-state index in [1.54, 1.807) is 19.1 Å². The Bertz CT molecular complexity index is 611. The van der Waals surface area contributed by atoms with Gasteiger partial charge in [0.25, 0.3) is 5.91 Å². The summed E-state index contributed by atoms with van der Waals surface area (Å²) < 4.78 is 5.54. The lowest BCUT2D eigenvalue weighted by Crippen LogP contribution is -2.50. The molecule has 2 aliphatic heterocycles. The zero-order valence-electron chi connectivity index (χ0n) is 13.3. The molecule has 23 heavy (non-hydrogen) atoms. The molecular formula is C16H22N4O3. The maximum atomic E-state index is 12.6. The van der Waals surface area contributed by atoms with E-state index >= 15 is 0 Å². The van der Waals surface area contributed by atoms with E-state index in [9.17, 15) is 9.59 Å². The van der Waals surface area contributed by atoms with E-state index in [1.807, 2.05) is 4.90 Å². The lowest BCUT2D eigenvalue weighted by atomic mass is 10.2. The van der Waals surface area contributed by atoms with Crippen molar-refractivity contribution in [2.75, 3.05) is 30.3 Å². The fourth-order valence-electron chi connectivity index (χ4n) is 3.01. The highest BCUT2D eigenvalue weighted by Gasteiger charge is 2.35. The maximum Gasteiger partial charge on any atom is 0.269 e. The maximum absolute atomic E-state index is 12.6. The first-order chi connectivity index (χ1) is 11.1. The quantitative estimate of drug-likeness (QED) is 0.884. The van der Waals surface area contributed by atoms with E-state index in [0.717, 1.165) is 38.8 Å². The monoisotopic (exact) mass is 318 g/mol. The molecule has 0 aliphatic carbocycles. The number of amides is 2. The van der Waals surface area contributed by atoms with E-state index in [2.05, 4.69) is 4.98 Å². The van der Waals surface area contributed by atoms with Crippen LogP contribution < -0.4 is 15.4 Å². The van der Waals surface area contributed by atoms with Gasteiger partial charge in [0, 0.05) is 13.1 Å². The summed E-state index contributed by atoms with van der Waals surface area (Å²) in [6, 6.07) is 3.31. The van der Waals surface area contributed by atoms with Crippen LogP contribution in [0.5, 0.6) is 5.75 Å². The largest absolute Gasteiger partial charge is 0.477 e. The van der Waals surface area contributed by atoms with Gasteiger partial charge in [-0.2, -0.15) is 0 Å². The zero-order chi connectivity index (χ0) is 16.4. The molecule has 0 radical (unpaired) electrons. The molecule has 7 heteroatoms. The third kappa shape index (κ3) is 3.23. The Morgan fingerprint density at radius 1 is 1.30 bits per heavy atom. The van der Waals surface area contributed by atoms with Crippen molar-refractivity contribution in [3.8, 4) is 5.75 Å². The average Bonchev–Trinajstić information content (AvgIpc) is 2.81. The molecule has 3 rings (SSSR count). The number of hydrogen-bond acceptors (Lipinski definition) is 5. The third-order valence-electron chi connectivity index (χ3n) is 4.29. The molecular weight excluding hydrogens is 296 g/mol.